The van der Waals surface area contributed by atoms with Crippen LogP contribution in [0.4, 0.5) is 0 Å². The molecule has 104 valence electrons. The fourth-order valence-electron chi connectivity index (χ4n) is 1.44. The molecule has 1 atom stereocenters. The van der Waals surface area contributed by atoms with Crippen molar-refractivity contribution in [2.24, 2.45) is 0 Å². The van der Waals surface area contributed by atoms with Crippen LogP contribution in [0, 0.1) is 0 Å². The highest BCUT2D eigenvalue weighted by molar-refractivity contribution is 7.80. The van der Waals surface area contributed by atoms with E-state index < -0.39 is 9.05 Å². The first-order valence-electron chi connectivity index (χ1n) is 6.34. The van der Waals surface area contributed by atoms with E-state index in [2.05, 4.69) is 12.6 Å². The molecule has 0 aliphatic carbocycles. The molecule has 0 bridgehead atoms. The van der Waals surface area contributed by atoms with Gasteiger partial charge in [0.25, 0.3) is 0 Å². The third kappa shape index (κ3) is 7.43. The average Bonchev–Trinajstić information content (AvgIpc) is 2.27. The predicted octanol–water partition coefficient (Wildman–Crippen LogP) is 2.65. The summed E-state index contributed by atoms with van der Waals surface area (Å²) in [7, 11) is -2.93. The molecule has 0 spiro atoms. The summed E-state index contributed by atoms with van der Waals surface area (Å²) in [4.78, 5) is 0. The van der Waals surface area contributed by atoms with Crippen LogP contribution in [-0.4, -0.2) is 40.7 Å². The van der Waals surface area contributed by atoms with E-state index in [0.717, 1.165) is 18.6 Å². The van der Waals surface area contributed by atoms with E-state index in [-0.39, 0.29) is 6.10 Å². The SMILES string of the molecule is CCO[Si](OCC)(OCC)OC(C)CCCS. The van der Waals surface area contributed by atoms with E-state index in [1.165, 1.54) is 0 Å². The predicted molar refractivity (Wildman–Crippen MR) is 74.3 cm³/mol. The van der Waals surface area contributed by atoms with Crippen LogP contribution in [0.5, 0.6) is 0 Å². The van der Waals surface area contributed by atoms with Gasteiger partial charge in [-0.1, -0.05) is 0 Å². The van der Waals surface area contributed by atoms with Crippen molar-refractivity contribution in [2.75, 3.05) is 25.6 Å². The minimum Gasteiger partial charge on any atom is -0.351 e. The Hall–Kier alpha value is 0.407. The maximum absolute atomic E-state index is 5.90. The van der Waals surface area contributed by atoms with Gasteiger partial charge in [0.15, 0.2) is 0 Å². The van der Waals surface area contributed by atoms with Crippen LogP contribution in [-0.2, 0) is 17.7 Å². The summed E-state index contributed by atoms with van der Waals surface area (Å²) in [5.41, 5.74) is 0. The quantitative estimate of drug-likeness (QED) is 0.467. The largest absolute Gasteiger partial charge is 0.679 e. The average molecular weight is 282 g/mol. The van der Waals surface area contributed by atoms with Gasteiger partial charge >= 0.3 is 9.05 Å². The van der Waals surface area contributed by atoms with Crippen LogP contribution in [0.3, 0.4) is 0 Å². The van der Waals surface area contributed by atoms with Gasteiger partial charge in [0.2, 0.25) is 0 Å². The van der Waals surface area contributed by atoms with Crippen molar-refractivity contribution in [3.8, 4) is 0 Å². The molecule has 0 aromatic rings. The number of thiol groups is 1. The zero-order valence-corrected chi connectivity index (χ0v) is 13.3. The maximum Gasteiger partial charge on any atom is 0.679 e. The topological polar surface area (TPSA) is 36.9 Å². The Balaban J connectivity index is 4.40. The van der Waals surface area contributed by atoms with Crippen molar-refractivity contribution in [3.05, 3.63) is 0 Å². The van der Waals surface area contributed by atoms with Gasteiger partial charge < -0.3 is 17.7 Å². The van der Waals surface area contributed by atoms with E-state index in [1.807, 2.05) is 27.7 Å². The summed E-state index contributed by atoms with van der Waals surface area (Å²) >= 11 is 4.19. The minimum absolute atomic E-state index is 0.0680. The molecule has 0 aliphatic rings. The Morgan fingerprint density at radius 2 is 1.47 bits per heavy atom. The Morgan fingerprint density at radius 1 is 1.00 bits per heavy atom. The van der Waals surface area contributed by atoms with E-state index in [9.17, 15) is 0 Å². The Morgan fingerprint density at radius 3 is 1.82 bits per heavy atom. The number of hydrogen-bond acceptors (Lipinski definition) is 5. The molecule has 4 nitrogen and oxygen atoms in total. The van der Waals surface area contributed by atoms with Crippen molar-refractivity contribution < 1.29 is 17.7 Å². The van der Waals surface area contributed by atoms with Gasteiger partial charge in [-0.05, 0) is 46.3 Å². The standard InChI is InChI=1S/C11H26O4SSi/c1-5-12-17(13-6-2,14-7-3)15-11(4)9-8-10-16/h11,16H,5-10H2,1-4H3. The lowest BCUT2D eigenvalue weighted by Gasteiger charge is -2.29. The molecule has 17 heavy (non-hydrogen) atoms. The van der Waals surface area contributed by atoms with Gasteiger partial charge in [-0.15, -0.1) is 0 Å². The van der Waals surface area contributed by atoms with Gasteiger partial charge in [0, 0.05) is 25.9 Å². The molecule has 6 heteroatoms. The van der Waals surface area contributed by atoms with Gasteiger partial charge in [-0.25, -0.2) is 0 Å². The fourth-order valence-corrected chi connectivity index (χ4v) is 3.75. The first-order chi connectivity index (χ1) is 8.14. The van der Waals surface area contributed by atoms with E-state index in [4.69, 9.17) is 17.7 Å². The van der Waals surface area contributed by atoms with E-state index >= 15 is 0 Å². The van der Waals surface area contributed by atoms with Crippen molar-refractivity contribution >= 4 is 21.7 Å². The molecule has 0 aromatic carbocycles. The molecule has 0 heterocycles. The monoisotopic (exact) mass is 282 g/mol. The van der Waals surface area contributed by atoms with Crippen molar-refractivity contribution in [3.63, 3.8) is 0 Å². The van der Waals surface area contributed by atoms with Crippen molar-refractivity contribution in [1.82, 2.24) is 0 Å². The second-order valence-corrected chi connectivity index (χ2v) is 6.14. The Kier molecular flexibility index (Phi) is 10.6. The van der Waals surface area contributed by atoms with Crippen LogP contribution < -0.4 is 0 Å². The minimum atomic E-state index is -2.93. The van der Waals surface area contributed by atoms with Crippen LogP contribution >= 0.6 is 12.6 Å². The van der Waals surface area contributed by atoms with Gasteiger partial charge in [-0.2, -0.15) is 12.6 Å². The molecule has 0 fully saturated rings. The summed E-state index contributed by atoms with van der Waals surface area (Å²) < 4.78 is 22.7. The molecule has 0 radical (unpaired) electrons. The Bertz CT molecular complexity index is 166. The van der Waals surface area contributed by atoms with E-state index in [0.29, 0.717) is 19.8 Å². The zero-order valence-electron chi connectivity index (χ0n) is 11.4. The molecule has 0 saturated carbocycles. The zero-order chi connectivity index (χ0) is 13.1. The van der Waals surface area contributed by atoms with Gasteiger partial charge in [0.1, 0.15) is 0 Å². The lowest BCUT2D eigenvalue weighted by Crippen LogP contribution is -2.51. The molecule has 0 aliphatic heterocycles. The van der Waals surface area contributed by atoms with Crippen LogP contribution in [0.2, 0.25) is 0 Å². The van der Waals surface area contributed by atoms with Gasteiger partial charge in [-0.3, -0.25) is 0 Å². The smallest absolute Gasteiger partial charge is 0.351 e. The van der Waals surface area contributed by atoms with Crippen molar-refractivity contribution in [1.29, 1.82) is 0 Å². The van der Waals surface area contributed by atoms with Crippen LogP contribution in [0.15, 0.2) is 0 Å². The molecule has 0 saturated heterocycles. The molecular weight excluding hydrogens is 256 g/mol. The summed E-state index contributed by atoms with van der Waals surface area (Å²) in [6.07, 6.45) is 2.02. The highest BCUT2D eigenvalue weighted by Gasteiger charge is 2.46. The maximum atomic E-state index is 5.90. The van der Waals surface area contributed by atoms with Gasteiger partial charge in [0.05, 0.1) is 0 Å². The highest BCUT2D eigenvalue weighted by atomic mass is 32.1. The third-order valence-corrected chi connectivity index (χ3v) is 5.01. The molecule has 0 N–H and O–H groups in total. The lowest BCUT2D eigenvalue weighted by molar-refractivity contribution is -0.0477. The summed E-state index contributed by atoms with van der Waals surface area (Å²) in [6.45, 7) is 9.37. The second-order valence-electron chi connectivity index (χ2n) is 3.59. The first kappa shape index (κ1) is 17.4. The second kappa shape index (κ2) is 10.3. The number of hydrogen-bond donors (Lipinski definition) is 1. The molecule has 0 aromatic heterocycles. The first-order valence-corrected chi connectivity index (χ1v) is 8.61. The Labute approximate surface area is 112 Å². The van der Waals surface area contributed by atoms with Crippen molar-refractivity contribution in [2.45, 2.75) is 46.6 Å². The van der Waals surface area contributed by atoms with Crippen LogP contribution in [0.1, 0.15) is 40.5 Å². The summed E-state index contributed by atoms with van der Waals surface area (Å²) in [5, 5.41) is 0. The number of rotatable bonds is 11. The third-order valence-electron chi connectivity index (χ3n) is 2.08. The molecule has 0 rings (SSSR count). The summed E-state index contributed by atoms with van der Waals surface area (Å²) in [5.74, 6) is 0.861. The highest BCUT2D eigenvalue weighted by Crippen LogP contribution is 2.17. The summed E-state index contributed by atoms with van der Waals surface area (Å²) in [6, 6.07) is 0. The molecular formula is C11H26O4SSi. The van der Waals surface area contributed by atoms with Crippen LogP contribution in [0.25, 0.3) is 0 Å². The molecule has 1 unspecified atom stereocenters. The normalized spacial score (nSPS) is 13.9. The molecule has 0 amide bonds. The fraction of sp³-hybridized carbons (Fsp3) is 1.00. The lowest BCUT2D eigenvalue weighted by atomic mass is 10.2. The van der Waals surface area contributed by atoms with E-state index in [1.54, 1.807) is 0 Å².